The molecule has 1 aromatic carbocycles. The van der Waals surface area contributed by atoms with Gasteiger partial charge in [-0.15, -0.1) is 11.3 Å². The topological polar surface area (TPSA) is 49.7 Å². The summed E-state index contributed by atoms with van der Waals surface area (Å²) in [5.41, 5.74) is 2.36. The lowest BCUT2D eigenvalue weighted by atomic mass is 9.89. The van der Waals surface area contributed by atoms with Crippen molar-refractivity contribution in [2.24, 2.45) is 0 Å². The van der Waals surface area contributed by atoms with Gasteiger partial charge in [0.25, 0.3) is 0 Å². The van der Waals surface area contributed by atoms with Gasteiger partial charge in [-0.25, -0.2) is 0 Å². The summed E-state index contributed by atoms with van der Waals surface area (Å²) in [6, 6.07) is 3.87. The highest BCUT2D eigenvalue weighted by molar-refractivity contribution is 7.28. The Balaban J connectivity index is 2.75. The zero-order chi connectivity index (χ0) is 12.6. The van der Waals surface area contributed by atoms with E-state index in [1.165, 1.54) is 22.5 Å². The second-order valence-corrected chi connectivity index (χ2v) is 5.08. The number of rotatable bonds is 3. The monoisotopic (exact) mass is 250 g/mol. The van der Waals surface area contributed by atoms with Crippen LogP contribution < -0.4 is 9.51 Å². The van der Waals surface area contributed by atoms with Gasteiger partial charge < -0.3 is 14.8 Å². The molecule has 17 heavy (non-hydrogen) atoms. The van der Waals surface area contributed by atoms with E-state index in [2.05, 4.69) is 13.0 Å². The maximum atomic E-state index is 9.21. The summed E-state index contributed by atoms with van der Waals surface area (Å²) >= 11 is 1.37. The number of methoxy groups -OCH3 is 1. The molecule has 1 aromatic heterocycles. The molecule has 0 saturated carbocycles. The van der Waals surface area contributed by atoms with E-state index in [1.807, 2.05) is 6.92 Å². The van der Waals surface area contributed by atoms with Gasteiger partial charge in [-0.2, -0.15) is 0 Å². The summed E-state index contributed by atoms with van der Waals surface area (Å²) in [7, 11) is 0.241. The van der Waals surface area contributed by atoms with Crippen LogP contribution in [0.3, 0.4) is 0 Å². The van der Waals surface area contributed by atoms with Gasteiger partial charge in [-0.1, -0.05) is 13.0 Å². The third kappa shape index (κ3) is 2.06. The van der Waals surface area contributed by atoms with Crippen LogP contribution in [0.4, 0.5) is 0 Å². The normalized spacial score (nSPS) is 10.9. The highest BCUT2D eigenvalue weighted by Crippen LogP contribution is 2.35. The number of fused-ring (bicyclic) bond motifs is 1. The van der Waals surface area contributed by atoms with Gasteiger partial charge in [0.1, 0.15) is 5.75 Å². The molecule has 3 nitrogen and oxygen atoms in total. The summed E-state index contributed by atoms with van der Waals surface area (Å²) in [6.07, 6.45) is 0.903. The first-order valence-corrected chi connectivity index (χ1v) is 6.36. The maximum absolute atomic E-state index is 9.21. The minimum absolute atomic E-state index is 0.547. The first-order valence-electron chi connectivity index (χ1n) is 5.54. The zero-order valence-electron chi connectivity index (χ0n) is 10.2. The van der Waals surface area contributed by atoms with Crippen LogP contribution in [0.15, 0.2) is 12.1 Å². The van der Waals surface area contributed by atoms with Crippen molar-refractivity contribution >= 4 is 33.3 Å². The Labute approximate surface area is 105 Å². The summed E-state index contributed by atoms with van der Waals surface area (Å²) in [6.45, 7) is 4.14. The Bertz CT molecular complexity index is 548. The highest BCUT2D eigenvalue weighted by Gasteiger charge is 2.19. The van der Waals surface area contributed by atoms with Crippen LogP contribution in [-0.2, 0) is 6.42 Å². The van der Waals surface area contributed by atoms with Crippen LogP contribution in [0, 0.1) is 6.92 Å². The average molecular weight is 250 g/mol. The summed E-state index contributed by atoms with van der Waals surface area (Å²) < 4.78 is 7.00. The lowest BCUT2D eigenvalue weighted by Crippen LogP contribution is -2.26. The Kier molecular flexibility index (Phi) is 3.42. The fourth-order valence-corrected chi connectivity index (χ4v) is 3.19. The van der Waals surface area contributed by atoms with Crippen molar-refractivity contribution < 1.29 is 14.8 Å². The molecule has 2 N–H and O–H groups in total. The first-order chi connectivity index (χ1) is 8.08. The van der Waals surface area contributed by atoms with Crippen LogP contribution in [0.1, 0.15) is 18.1 Å². The van der Waals surface area contributed by atoms with Crippen molar-refractivity contribution in [3.05, 3.63) is 23.3 Å². The summed E-state index contributed by atoms with van der Waals surface area (Å²) in [5.74, 6) is 0.861. The molecule has 0 aliphatic carbocycles. The lowest BCUT2D eigenvalue weighted by molar-refractivity contribution is 0.415. The Morgan fingerprint density at radius 2 is 2.06 bits per heavy atom. The van der Waals surface area contributed by atoms with Crippen molar-refractivity contribution in [2.75, 3.05) is 7.11 Å². The molecule has 1 heterocycles. The largest absolute Gasteiger partial charge is 0.499 e. The standard InChI is InChI=1S/C12H15BO3S/c1-4-9-7(2)5-8-6-10(13(14)15)17-12(8)11(9)16-3/h5-6,14-15H,4H2,1-3H3. The van der Waals surface area contributed by atoms with E-state index < -0.39 is 7.12 Å². The lowest BCUT2D eigenvalue weighted by Gasteiger charge is -2.10. The minimum Gasteiger partial charge on any atom is -0.495 e. The quantitative estimate of drug-likeness (QED) is 0.811. The zero-order valence-corrected chi connectivity index (χ0v) is 11.0. The fraction of sp³-hybridized carbons (Fsp3) is 0.333. The van der Waals surface area contributed by atoms with Gasteiger partial charge in [-0.05, 0) is 35.9 Å². The number of aryl methyl sites for hydroxylation is 1. The average Bonchev–Trinajstić information content (AvgIpc) is 2.70. The van der Waals surface area contributed by atoms with Gasteiger partial charge in [0, 0.05) is 4.78 Å². The smallest absolute Gasteiger partial charge is 0.495 e. The Hall–Kier alpha value is -1.04. The molecule has 0 aliphatic heterocycles. The van der Waals surface area contributed by atoms with Crippen LogP contribution in [0.2, 0.25) is 0 Å². The highest BCUT2D eigenvalue weighted by atomic mass is 32.1. The van der Waals surface area contributed by atoms with Crippen molar-refractivity contribution in [3.8, 4) is 5.75 Å². The number of hydrogen-bond donors (Lipinski definition) is 2. The van der Waals surface area contributed by atoms with Gasteiger partial charge in [0.15, 0.2) is 0 Å². The van der Waals surface area contributed by atoms with Crippen molar-refractivity contribution in [1.82, 2.24) is 0 Å². The molecule has 0 unspecified atom stereocenters. The van der Waals surface area contributed by atoms with E-state index in [0.29, 0.717) is 4.78 Å². The second-order valence-electron chi connectivity index (χ2n) is 4.00. The van der Waals surface area contributed by atoms with Gasteiger partial charge in [-0.3, -0.25) is 0 Å². The number of benzene rings is 1. The maximum Gasteiger partial charge on any atom is 0.499 e. The van der Waals surface area contributed by atoms with Crippen LogP contribution in [0.25, 0.3) is 10.1 Å². The molecule has 2 aromatic rings. The molecule has 2 rings (SSSR count). The third-order valence-electron chi connectivity index (χ3n) is 2.92. The molecule has 0 aliphatic rings. The van der Waals surface area contributed by atoms with Crippen molar-refractivity contribution in [1.29, 1.82) is 0 Å². The number of hydrogen-bond acceptors (Lipinski definition) is 4. The van der Waals surface area contributed by atoms with Crippen LogP contribution >= 0.6 is 11.3 Å². The molecular formula is C12H15BO3S. The Morgan fingerprint density at radius 3 is 2.59 bits per heavy atom. The number of thiophene rings is 1. The molecule has 0 bridgehead atoms. The third-order valence-corrected chi connectivity index (χ3v) is 4.11. The summed E-state index contributed by atoms with van der Waals surface area (Å²) in [5, 5.41) is 19.4. The molecule has 0 atom stereocenters. The van der Waals surface area contributed by atoms with E-state index in [4.69, 9.17) is 4.74 Å². The second kappa shape index (κ2) is 4.68. The van der Waals surface area contributed by atoms with Crippen molar-refractivity contribution in [3.63, 3.8) is 0 Å². The van der Waals surface area contributed by atoms with E-state index >= 15 is 0 Å². The van der Waals surface area contributed by atoms with Crippen LogP contribution in [0.5, 0.6) is 5.75 Å². The molecule has 0 spiro atoms. The van der Waals surface area contributed by atoms with E-state index in [1.54, 1.807) is 13.2 Å². The molecule has 90 valence electrons. The molecule has 0 fully saturated rings. The molecule has 0 radical (unpaired) electrons. The molecular weight excluding hydrogens is 235 g/mol. The number of ether oxygens (including phenoxy) is 1. The summed E-state index contributed by atoms with van der Waals surface area (Å²) in [4.78, 5) is 0. The predicted molar refractivity (Wildman–Crippen MR) is 72.3 cm³/mol. The predicted octanol–water partition coefficient (Wildman–Crippen LogP) is 1.46. The minimum atomic E-state index is -1.41. The van der Waals surface area contributed by atoms with Gasteiger partial charge >= 0.3 is 7.12 Å². The van der Waals surface area contributed by atoms with Gasteiger partial charge in [0.05, 0.1) is 11.8 Å². The SMILES string of the molecule is CCc1c(C)cc2cc(B(O)O)sc2c1OC. The van der Waals surface area contributed by atoms with Crippen LogP contribution in [-0.4, -0.2) is 24.3 Å². The molecule has 0 saturated heterocycles. The molecule has 5 heteroatoms. The fourth-order valence-electron chi connectivity index (χ4n) is 2.13. The molecule has 0 amide bonds. The van der Waals surface area contributed by atoms with E-state index in [-0.39, 0.29) is 0 Å². The van der Waals surface area contributed by atoms with Gasteiger partial charge in [0.2, 0.25) is 0 Å². The van der Waals surface area contributed by atoms with Crippen molar-refractivity contribution in [2.45, 2.75) is 20.3 Å². The van der Waals surface area contributed by atoms with E-state index in [0.717, 1.165) is 22.3 Å². The Morgan fingerprint density at radius 1 is 1.35 bits per heavy atom. The van der Waals surface area contributed by atoms with E-state index in [9.17, 15) is 10.0 Å². The first kappa shape index (κ1) is 12.4.